The number of carbonyl (C=O) groups is 2. The Hall–Kier alpha value is -2.12. The van der Waals surface area contributed by atoms with Gasteiger partial charge in [-0.3, -0.25) is 9.59 Å². The molecule has 4 aliphatic rings. The minimum Gasteiger partial charge on any atom is -0.457 e. The fraction of sp³-hybridized carbons (Fsp3) is 0.697. The molecule has 0 radical (unpaired) electrons. The molecule has 8 atom stereocenters. The molecule has 5 rings (SSSR count). The highest BCUT2D eigenvalue weighted by Gasteiger charge is 2.60. The molecule has 4 saturated carbocycles. The highest BCUT2D eigenvalue weighted by Crippen LogP contribution is 2.68. The number of esters is 1. The molecule has 4 aliphatic carbocycles. The smallest absolute Gasteiger partial charge is 0.303 e. The lowest BCUT2D eigenvalue weighted by Gasteiger charge is -2.61. The molecule has 200 valence electrons. The number of hydrogen-bond donors (Lipinski definition) is 1. The fourth-order valence-corrected chi connectivity index (χ4v) is 9.32. The lowest BCUT2D eigenvalue weighted by molar-refractivity contribution is -0.139. The summed E-state index contributed by atoms with van der Waals surface area (Å²) in [6.45, 7) is 8.59. The molecule has 1 aromatic carbocycles. The van der Waals surface area contributed by atoms with Gasteiger partial charge in [-0.25, -0.2) is 0 Å². The quantitative estimate of drug-likeness (QED) is 0.286. The number of ketones is 1. The van der Waals surface area contributed by atoms with Crippen LogP contribution in [-0.2, 0) is 9.53 Å². The molecule has 0 spiro atoms. The van der Waals surface area contributed by atoms with Gasteiger partial charge in [-0.1, -0.05) is 51.2 Å². The van der Waals surface area contributed by atoms with Gasteiger partial charge in [0.25, 0.3) is 0 Å². The SMILES string of the molecule is CC[C@H]1CC[C@H]2[C@@H]3CCC4CC(O)(C#Cc5ccc(C(=O)COC(C)=O)cc5)CC[C@]4(C)[C@H]3CC[C@]12C. The van der Waals surface area contributed by atoms with E-state index in [1.807, 2.05) is 0 Å². The maximum atomic E-state index is 12.1. The number of carbonyl (C=O) groups excluding carboxylic acids is 2. The molecule has 4 heteroatoms. The Morgan fingerprint density at radius 2 is 1.70 bits per heavy atom. The minimum absolute atomic E-state index is 0.235. The van der Waals surface area contributed by atoms with E-state index in [2.05, 4.69) is 32.6 Å². The number of aliphatic hydroxyl groups is 1. The van der Waals surface area contributed by atoms with Gasteiger partial charge in [-0.05, 0) is 110 Å². The largest absolute Gasteiger partial charge is 0.457 e. The average molecular weight is 505 g/mol. The number of hydrogen-bond acceptors (Lipinski definition) is 4. The van der Waals surface area contributed by atoms with E-state index in [-0.39, 0.29) is 12.4 Å². The monoisotopic (exact) mass is 504 g/mol. The maximum Gasteiger partial charge on any atom is 0.303 e. The molecule has 0 saturated heterocycles. The van der Waals surface area contributed by atoms with Gasteiger partial charge in [0.1, 0.15) is 5.60 Å². The maximum absolute atomic E-state index is 12.1. The molecule has 0 aromatic heterocycles. The Labute approximate surface area is 222 Å². The second-order valence-electron chi connectivity index (χ2n) is 13.2. The van der Waals surface area contributed by atoms with Crippen LogP contribution in [0.1, 0.15) is 108 Å². The summed E-state index contributed by atoms with van der Waals surface area (Å²) in [5, 5.41) is 11.5. The van der Waals surface area contributed by atoms with Gasteiger partial charge >= 0.3 is 5.97 Å². The Morgan fingerprint density at radius 3 is 2.41 bits per heavy atom. The predicted octanol–water partition coefficient (Wildman–Crippen LogP) is 6.58. The van der Waals surface area contributed by atoms with E-state index in [0.717, 1.165) is 48.5 Å². The highest BCUT2D eigenvalue weighted by molar-refractivity contribution is 5.97. The lowest BCUT2D eigenvalue weighted by Crippen LogP contribution is -2.55. The van der Waals surface area contributed by atoms with E-state index >= 15 is 0 Å². The van der Waals surface area contributed by atoms with E-state index in [1.54, 1.807) is 24.3 Å². The van der Waals surface area contributed by atoms with Gasteiger partial charge in [-0.2, -0.15) is 0 Å². The van der Waals surface area contributed by atoms with Gasteiger partial charge in [0.2, 0.25) is 0 Å². The molecule has 1 aromatic rings. The summed E-state index contributed by atoms with van der Waals surface area (Å²) in [6.07, 6.45) is 12.1. The molecule has 4 fully saturated rings. The van der Waals surface area contributed by atoms with Crippen molar-refractivity contribution in [3.8, 4) is 11.8 Å². The van der Waals surface area contributed by atoms with E-state index < -0.39 is 11.6 Å². The molecular formula is C33H44O4. The van der Waals surface area contributed by atoms with Gasteiger partial charge in [-0.15, -0.1) is 0 Å². The van der Waals surface area contributed by atoms with Crippen molar-refractivity contribution in [2.75, 3.05) is 6.61 Å². The Morgan fingerprint density at radius 1 is 0.973 bits per heavy atom. The molecule has 2 unspecified atom stereocenters. The first-order valence-corrected chi connectivity index (χ1v) is 14.6. The van der Waals surface area contributed by atoms with Crippen molar-refractivity contribution >= 4 is 11.8 Å². The number of rotatable bonds is 4. The zero-order valence-corrected chi connectivity index (χ0v) is 23.1. The third kappa shape index (κ3) is 4.78. The molecule has 0 amide bonds. The molecule has 0 aliphatic heterocycles. The lowest BCUT2D eigenvalue weighted by atomic mass is 9.44. The third-order valence-corrected chi connectivity index (χ3v) is 11.5. The van der Waals surface area contributed by atoms with Crippen LogP contribution in [0.2, 0.25) is 0 Å². The zero-order chi connectivity index (χ0) is 26.4. The van der Waals surface area contributed by atoms with E-state index in [4.69, 9.17) is 4.74 Å². The Balaban J connectivity index is 1.25. The van der Waals surface area contributed by atoms with Crippen LogP contribution in [0.3, 0.4) is 0 Å². The molecule has 37 heavy (non-hydrogen) atoms. The summed E-state index contributed by atoms with van der Waals surface area (Å²) >= 11 is 0. The Bertz CT molecular complexity index is 1100. The van der Waals surface area contributed by atoms with Crippen LogP contribution < -0.4 is 0 Å². The normalized spacial score (nSPS) is 40.4. The van der Waals surface area contributed by atoms with Crippen molar-refractivity contribution < 1.29 is 19.4 Å². The predicted molar refractivity (Wildman–Crippen MR) is 145 cm³/mol. The number of fused-ring (bicyclic) bond motifs is 5. The molecule has 4 nitrogen and oxygen atoms in total. The van der Waals surface area contributed by atoms with Crippen molar-refractivity contribution in [1.29, 1.82) is 0 Å². The average Bonchev–Trinajstić information content (AvgIpc) is 3.23. The van der Waals surface area contributed by atoms with Crippen molar-refractivity contribution in [1.82, 2.24) is 0 Å². The standard InChI is InChI=1S/C33H44O4/c1-5-25-11-13-28-27-12-10-26-20-33(36,19-18-32(26,4)29(27)15-16-31(25,28)3)17-14-23-6-8-24(9-7-23)30(35)21-37-22(2)34/h6-9,25-29,36H,5,10-13,15-16,18-21H2,1-4H3/t25-,26?,27-,28-,29-,31+,32-,33?/m0/s1. The van der Waals surface area contributed by atoms with E-state index in [0.29, 0.717) is 22.3 Å². The summed E-state index contributed by atoms with van der Waals surface area (Å²) in [6, 6.07) is 7.03. The van der Waals surface area contributed by atoms with Gasteiger partial charge in [0.05, 0.1) is 0 Å². The van der Waals surface area contributed by atoms with Gasteiger partial charge in [0, 0.05) is 18.1 Å². The topological polar surface area (TPSA) is 63.6 Å². The Kier molecular flexibility index (Phi) is 7.07. The highest BCUT2D eigenvalue weighted by atomic mass is 16.5. The van der Waals surface area contributed by atoms with Crippen LogP contribution in [0.4, 0.5) is 0 Å². The van der Waals surface area contributed by atoms with Crippen molar-refractivity contribution in [2.24, 2.45) is 40.4 Å². The molecule has 0 bridgehead atoms. The van der Waals surface area contributed by atoms with Crippen molar-refractivity contribution in [3.05, 3.63) is 35.4 Å². The van der Waals surface area contributed by atoms with Crippen LogP contribution in [-0.4, -0.2) is 29.1 Å². The van der Waals surface area contributed by atoms with Crippen LogP contribution in [0.5, 0.6) is 0 Å². The van der Waals surface area contributed by atoms with Crippen LogP contribution in [0, 0.1) is 52.3 Å². The number of benzene rings is 1. The third-order valence-electron chi connectivity index (χ3n) is 11.5. The first-order valence-electron chi connectivity index (χ1n) is 14.6. The zero-order valence-electron chi connectivity index (χ0n) is 23.1. The second kappa shape index (κ2) is 9.88. The van der Waals surface area contributed by atoms with Crippen LogP contribution >= 0.6 is 0 Å². The van der Waals surface area contributed by atoms with E-state index in [1.165, 1.54) is 51.9 Å². The first kappa shape index (κ1) is 26.5. The number of Topliss-reactive ketones (excluding diaryl/α,β-unsaturated/α-hetero) is 1. The summed E-state index contributed by atoms with van der Waals surface area (Å²) < 4.78 is 4.80. The molecule has 0 heterocycles. The second-order valence-corrected chi connectivity index (χ2v) is 13.2. The number of ether oxygens (including phenoxy) is 1. The van der Waals surface area contributed by atoms with Crippen LogP contribution in [0.25, 0.3) is 0 Å². The fourth-order valence-electron chi connectivity index (χ4n) is 9.32. The first-order chi connectivity index (χ1) is 17.6. The van der Waals surface area contributed by atoms with Crippen LogP contribution in [0.15, 0.2) is 24.3 Å². The molecular weight excluding hydrogens is 460 g/mol. The summed E-state index contributed by atoms with van der Waals surface area (Å²) in [5.41, 5.74) is 1.22. The summed E-state index contributed by atoms with van der Waals surface area (Å²) in [4.78, 5) is 23.1. The van der Waals surface area contributed by atoms with Crippen molar-refractivity contribution in [2.45, 2.75) is 97.5 Å². The van der Waals surface area contributed by atoms with Gasteiger partial charge < -0.3 is 9.84 Å². The molecule has 1 N–H and O–H groups in total. The summed E-state index contributed by atoms with van der Waals surface area (Å²) in [7, 11) is 0. The van der Waals surface area contributed by atoms with Crippen molar-refractivity contribution in [3.63, 3.8) is 0 Å². The summed E-state index contributed by atoms with van der Waals surface area (Å²) in [5.74, 6) is 9.74. The minimum atomic E-state index is -0.940. The van der Waals surface area contributed by atoms with Gasteiger partial charge in [0.15, 0.2) is 12.4 Å². The van der Waals surface area contributed by atoms with E-state index in [9.17, 15) is 14.7 Å².